The molecule has 0 bridgehead atoms. The molecule has 0 aliphatic carbocycles. The number of aromatic nitrogens is 3. The summed E-state index contributed by atoms with van der Waals surface area (Å²) in [4.78, 5) is 26.8. The second kappa shape index (κ2) is 6.33. The number of aliphatic hydroxyl groups is 1. The van der Waals surface area contributed by atoms with Crippen LogP contribution in [0.25, 0.3) is 0 Å². The predicted octanol–water partition coefficient (Wildman–Crippen LogP) is 0.761. The van der Waals surface area contributed by atoms with Crippen molar-refractivity contribution in [1.82, 2.24) is 14.8 Å². The highest BCUT2D eigenvalue weighted by molar-refractivity contribution is 6.30. The SMILES string of the molecule is O=C(Cn1nc(CO)cc1C(=O)O)Nc1ccc(Cl)cn1. The summed E-state index contributed by atoms with van der Waals surface area (Å²) in [5.41, 5.74) is -0.0110. The molecular formula is C12H11ClN4O4. The molecule has 0 fully saturated rings. The minimum atomic E-state index is -1.24. The number of halogens is 1. The van der Waals surface area contributed by atoms with Gasteiger partial charge in [0.05, 0.1) is 17.3 Å². The van der Waals surface area contributed by atoms with E-state index in [0.717, 1.165) is 4.68 Å². The molecule has 2 heterocycles. The number of carboxylic acids is 1. The number of carbonyl (C=O) groups excluding carboxylic acids is 1. The first-order valence-electron chi connectivity index (χ1n) is 5.82. The molecule has 21 heavy (non-hydrogen) atoms. The van der Waals surface area contributed by atoms with Crippen molar-refractivity contribution in [1.29, 1.82) is 0 Å². The van der Waals surface area contributed by atoms with E-state index in [0.29, 0.717) is 5.02 Å². The fraction of sp³-hybridized carbons (Fsp3) is 0.167. The predicted molar refractivity (Wildman–Crippen MR) is 73.0 cm³/mol. The van der Waals surface area contributed by atoms with Gasteiger partial charge in [-0.15, -0.1) is 0 Å². The van der Waals surface area contributed by atoms with E-state index in [9.17, 15) is 9.59 Å². The number of nitrogens with one attached hydrogen (secondary N) is 1. The summed E-state index contributed by atoms with van der Waals surface area (Å²) < 4.78 is 0.999. The number of aromatic carboxylic acids is 1. The van der Waals surface area contributed by atoms with Crippen molar-refractivity contribution in [2.24, 2.45) is 0 Å². The Morgan fingerprint density at radius 3 is 2.71 bits per heavy atom. The summed E-state index contributed by atoms with van der Waals surface area (Å²) in [7, 11) is 0. The lowest BCUT2D eigenvalue weighted by Crippen LogP contribution is -2.22. The second-order valence-corrected chi connectivity index (χ2v) is 4.49. The van der Waals surface area contributed by atoms with Gasteiger partial charge in [-0.05, 0) is 18.2 Å². The van der Waals surface area contributed by atoms with Crippen LogP contribution in [0.1, 0.15) is 16.2 Å². The molecular weight excluding hydrogens is 300 g/mol. The van der Waals surface area contributed by atoms with Crippen LogP contribution in [0, 0.1) is 0 Å². The molecule has 0 radical (unpaired) electrons. The number of nitrogens with zero attached hydrogens (tertiary/aromatic N) is 3. The number of hydrogen-bond acceptors (Lipinski definition) is 5. The van der Waals surface area contributed by atoms with Crippen molar-refractivity contribution in [2.45, 2.75) is 13.2 Å². The first-order valence-corrected chi connectivity index (χ1v) is 6.19. The third kappa shape index (κ3) is 3.77. The van der Waals surface area contributed by atoms with Crippen LogP contribution in [0.2, 0.25) is 5.02 Å². The van der Waals surface area contributed by atoms with Gasteiger partial charge >= 0.3 is 5.97 Å². The van der Waals surface area contributed by atoms with Crippen molar-refractivity contribution in [3.8, 4) is 0 Å². The van der Waals surface area contributed by atoms with Gasteiger partial charge in [0.1, 0.15) is 18.1 Å². The fourth-order valence-electron chi connectivity index (χ4n) is 1.61. The number of aliphatic hydroxyl groups excluding tert-OH is 1. The van der Waals surface area contributed by atoms with Gasteiger partial charge in [0.15, 0.2) is 0 Å². The molecule has 1 amide bonds. The summed E-state index contributed by atoms with van der Waals surface area (Å²) in [6, 6.07) is 4.28. The lowest BCUT2D eigenvalue weighted by atomic mass is 10.3. The number of hydrogen-bond donors (Lipinski definition) is 3. The van der Waals surface area contributed by atoms with E-state index in [1.54, 1.807) is 6.07 Å². The molecule has 0 aliphatic rings. The van der Waals surface area contributed by atoms with Crippen LogP contribution < -0.4 is 5.32 Å². The molecule has 9 heteroatoms. The lowest BCUT2D eigenvalue weighted by Gasteiger charge is -2.06. The van der Waals surface area contributed by atoms with E-state index in [-0.39, 0.29) is 23.8 Å². The molecule has 3 N–H and O–H groups in total. The van der Waals surface area contributed by atoms with Gasteiger partial charge in [-0.25, -0.2) is 14.5 Å². The molecule has 0 aromatic carbocycles. The smallest absolute Gasteiger partial charge is 0.354 e. The summed E-state index contributed by atoms with van der Waals surface area (Å²) in [5.74, 6) is -1.45. The maximum Gasteiger partial charge on any atom is 0.354 e. The first-order chi connectivity index (χ1) is 9.99. The van der Waals surface area contributed by atoms with Crippen LogP contribution >= 0.6 is 11.6 Å². The molecule has 0 saturated carbocycles. The fourth-order valence-corrected chi connectivity index (χ4v) is 1.72. The van der Waals surface area contributed by atoms with Crippen LogP contribution in [-0.2, 0) is 17.9 Å². The molecule has 0 saturated heterocycles. The number of carbonyl (C=O) groups is 2. The van der Waals surface area contributed by atoms with Crippen LogP contribution in [0.4, 0.5) is 5.82 Å². The Labute approximate surface area is 124 Å². The maximum absolute atomic E-state index is 11.8. The Kier molecular flexibility index (Phi) is 4.51. The van der Waals surface area contributed by atoms with Crippen molar-refractivity contribution >= 4 is 29.3 Å². The molecule has 0 spiro atoms. The highest BCUT2D eigenvalue weighted by atomic mass is 35.5. The summed E-state index contributed by atoms with van der Waals surface area (Å²) in [6.45, 7) is -0.723. The first kappa shape index (κ1) is 14.9. The summed E-state index contributed by atoms with van der Waals surface area (Å²) in [5, 5.41) is 24.7. The quantitative estimate of drug-likeness (QED) is 0.750. The number of pyridine rings is 1. The third-order valence-electron chi connectivity index (χ3n) is 2.50. The average Bonchev–Trinajstić information content (AvgIpc) is 2.84. The minimum absolute atomic E-state index is 0.171. The van der Waals surface area contributed by atoms with E-state index in [1.165, 1.54) is 18.3 Å². The molecule has 0 unspecified atom stereocenters. The highest BCUT2D eigenvalue weighted by Crippen LogP contribution is 2.10. The zero-order chi connectivity index (χ0) is 15.4. The topological polar surface area (TPSA) is 117 Å². The summed E-state index contributed by atoms with van der Waals surface area (Å²) in [6.07, 6.45) is 1.37. The van der Waals surface area contributed by atoms with Gasteiger partial charge in [-0.3, -0.25) is 4.79 Å². The van der Waals surface area contributed by atoms with E-state index >= 15 is 0 Å². The van der Waals surface area contributed by atoms with E-state index < -0.39 is 18.5 Å². The number of carboxylic acid groups (broad SMARTS) is 1. The van der Waals surface area contributed by atoms with Gasteiger partial charge < -0.3 is 15.5 Å². The zero-order valence-electron chi connectivity index (χ0n) is 10.7. The largest absolute Gasteiger partial charge is 0.477 e. The van der Waals surface area contributed by atoms with Crippen LogP contribution in [0.15, 0.2) is 24.4 Å². The van der Waals surface area contributed by atoms with Crippen molar-refractivity contribution in [2.75, 3.05) is 5.32 Å². The molecule has 0 aliphatic heterocycles. The van der Waals surface area contributed by atoms with Gasteiger partial charge in [0.25, 0.3) is 0 Å². The van der Waals surface area contributed by atoms with Gasteiger partial charge in [0, 0.05) is 6.20 Å². The van der Waals surface area contributed by atoms with E-state index in [1.807, 2.05) is 0 Å². The Morgan fingerprint density at radius 2 is 2.14 bits per heavy atom. The normalized spacial score (nSPS) is 10.4. The zero-order valence-corrected chi connectivity index (χ0v) is 11.4. The van der Waals surface area contributed by atoms with Crippen LogP contribution in [0.3, 0.4) is 0 Å². The maximum atomic E-state index is 11.8. The molecule has 8 nitrogen and oxygen atoms in total. The number of rotatable bonds is 5. The second-order valence-electron chi connectivity index (χ2n) is 4.05. The van der Waals surface area contributed by atoms with Crippen molar-refractivity contribution < 1.29 is 19.8 Å². The van der Waals surface area contributed by atoms with E-state index in [4.69, 9.17) is 21.8 Å². The molecule has 110 valence electrons. The molecule has 0 atom stereocenters. The Balaban J connectivity index is 2.10. The Morgan fingerprint density at radius 1 is 1.38 bits per heavy atom. The average molecular weight is 311 g/mol. The van der Waals surface area contributed by atoms with Crippen molar-refractivity contribution in [3.63, 3.8) is 0 Å². The van der Waals surface area contributed by atoms with Crippen molar-refractivity contribution in [3.05, 3.63) is 40.8 Å². The van der Waals surface area contributed by atoms with Gasteiger partial charge in [0.2, 0.25) is 5.91 Å². The third-order valence-corrected chi connectivity index (χ3v) is 2.72. The number of anilines is 1. The standard InChI is InChI=1S/C12H11ClN4O4/c13-7-1-2-10(14-4-7)15-11(19)5-17-9(12(20)21)3-8(6-18)16-17/h1-4,18H,5-6H2,(H,20,21)(H,14,15,19). The van der Waals surface area contributed by atoms with E-state index in [2.05, 4.69) is 15.4 Å². The van der Waals surface area contributed by atoms with Crippen LogP contribution in [-0.4, -0.2) is 36.9 Å². The molecule has 2 rings (SSSR count). The summed E-state index contributed by atoms with van der Waals surface area (Å²) >= 11 is 5.67. The monoisotopic (exact) mass is 310 g/mol. The van der Waals surface area contributed by atoms with Gasteiger partial charge in [-0.1, -0.05) is 11.6 Å². The Hall–Kier alpha value is -2.45. The minimum Gasteiger partial charge on any atom is -0.477 e. The molecule has 2 aromatic heterocycles. The lowest BCUT2D eigenvalue weighted by molar-refractivity contribution is -0.116. The number of amides is 1. The van der Waals surface area contributed by atoms with Crippen LogP contribution in [0.5, 0.6) is 0 Å². The highest BCUT2D eigenvalue weighted by Gasteiger charge is 2.16. The molecule has 2 aromatic rings. The Bertz CT molecular complexity index is 668. The van der Waals surface area contributed by atoms with Gasteiger partial charge in [-0.2, -0.15) is 5.10 Å².